The standard InChI is InChI=1S/C14H12N4O2/c15-6-11-7-17-13(9-16-11)18-8-12(14(19)20)10-4-2-1-3-5-10/h1-5,7,9,12H,8H2,(H,17,18)(H,19,20). The van der Waals surface area contributed by atoms with Crippen LogP contribution in [0.25, 0.3) is 0 Å². The largest absolute Gasteiger partial charge is 0.481 e. The molecule has 0 radical (unpaired) electrons. The third-order valence-electron chi connectivity index (χ3n) is 2.75. The summed E-state index contributed by atoms with van der Waals surface area (Å²) in [7, 11) is 0. The number of anilines is 1. The molecule has 2 N–H and O–H groups in total. The zero-order valence-electron chi connectivity index (χ0n) is 10.5. The van der Waals surface area contributed by atoms with Crippen molar-refractivity contribution in [2.75, 3.05) is 11.9 Å². The molecule has 0 bridgehead atoms. The van der Waals surface area contributed by atoms with Gasteiger partial charge >= 0.3 is 5.97 Å². The Hall–Kier alpha value is -2.94. The molecule has 0 saturated carbocycles. The molecule has 1 atom stereocenters. The van der Waals surface area contributed by atoms with Crippen molar-refractivity contribution in [3.05, 3.63) is 54.0 Å². The molecule has 1 aromatic heterocycles. The van der Waals surface area contributed by atoms with Crippen LogP contribution in [0.2, 0.25) is 0 Å². The molecular weight excluding hydrogens is 256 g/mol. The van der Waals surface area contributed by atoms with Crippen LogP contribution in [-0.2, 0) is 4.79 Å². The third-order valence-corrected chi connectivity index (χ3v) is 2.75. The van der Waals surface area contributed by atoms with Gasteiger partial charge in [-0.3, -0.25) is 4.79 Å². The number of rotatable bonds is 5. The van der Waals surface area contributed by atoms with Gasteiger partial charge in [-0.2, -0.15) is 5.26 Å². The predicted molar refractivity (Wildman–Crippen MR) is 72.1 cm³/mol. The highest BCUT2D eigenvalue weighted by Crippen LogP contribution is 2.16. The average Bonchev–Trinajstić information content (AvgIpc) is 2.49. The fourth-order valence-corrected chi connectivity index (χ4v) is 1.72. The van der Waals surface area contributed by atoms with Crippen molar-refractivity contribution in [1.82, 2.24) is 9.97 Å². The van der Waals surface area contributed by atoms with E-state index in [0.29, 0.717) is 11.4 Å². The van der Waals surface area contributed by atoms with Crippen LogP contribution in [-0.4, -0.2) is 27.6 Å². The summed E-state index contributed by atoms with van der Waals surface area (Å²) in [5, 5.41) is 20.8. The van der Waals surface area contributed by atoms with Crippen LogP contribution in [0, 0.1) is 11.3 Å². The normalized spacial score (nSPS) is 11.3. The number of nitrogens with zero attached hydrogens (tertiary/aromatic N) is 3. The highest BCUT2D eigenvalue weighted by molar-refractivity contribution is 5.76. The van der Waals surface area contributed by atoms with Gasteiger partial charge in [0.2, 0.25) is 0 Å². The Morgan fingerprint density at radius 2 is 2.05 bits per heavy atom. The number of nitrogens with one attached hydrogen (secondary N) is 1. The smallest absolute Gasteiger partial charge is 0.312 e. The van der Waals surface area contributed by atoms with Crippen molar-refractivity contribution in [3.8, 4) is 6.07 Å². The minimum Gasteiger partial charge on any atom is -0.481 e. The molecule has 0 aliphatic carbocycles. The second-order valence-electron chi connectivity index (χ2n) is 4.08. The van der Waals surface area contributed by atoms with Gasteiger partial charge in [0.15, 0.2) is 5.69 Å². The predicted octanol–water partition coefficient (Wildman–Crippen LogP) is 1.63. The third kappa shape index (κ3) is 3.29. The summed E-state index contributed by atoms with van der Waals surface area (Å²) in [5.74, 6) is -1.15. The van der Waals surface area contributed by atoms with Gasteiger partial charge in [-0.25, -0.2) is 9.97 Å². The molecule has 20 heavy (non-hydrogen) atoms. The molecule has 2 aromatic rings. The van der Waals surface area contributed by atoms with E-state index in [4.69, 9.17) is 5.26 Å². The van der Waals surface area contributed by atoms with E-state index in [1.165, 1.54) is 12.4 Å². The van der Waals surface area contributed by atoms with Gasteiger partial charge in [-0.05, 0) is 5.56 Å². The molecule has 6 nitrogen and oxygen atoms in total. The van der Waals surface area contributed by atoms with Crippen LogP contribution in [0.3, 0.4) is 0 Å². The quantitative estimate of drug-likeness (QED) is 0.855. The molecule has 100 valence electrons. The lowest BCUT2D eigenvalue weighted by molar-refractivity contribution is -0.138. The lowest BCUT2D eigenvalue weighted by atomic mass is 9.99. The molecule has 0 fully saturated rings. The molecule has 0 spiro atoms. The molecule has 0 aliphatic heterocycles. The van der Waals surface area contributed by atoms with Gasteiger partial charge in [0, 0.05) is 6.54 Å². The minimum atomic E-state index is -0.912. The Kier molecular flexibility index (Phi) is 4.24. The first-order valence-electron chi connectivity index (χ1n) is 5.94. The summed E-state index contributed by atoms with van der Waals surface area (Å²) in [6.45, 7) is 0.194. The van der Waals surface area contributed by atoms with Crippen LogP contribution < -0.4 is 5.32 Å². The van der Waals surface area contributed by atoms with E-state index >= 15 is 0 Å². The Morgan fingerprint density at radius 1 is 1.30 bits per heavy atom. The van der Waals surface area contributed by atoms with E-state index in [-0.39, 0.29) is 12.2 Å². The number of hydrogen-bond acceptors (Lipinski definition) is 5. The molecular formula is C14H12N4O2. The maximum Gasteiger partial charge on any atom is 0.312 e. The van der Waals surface area contributed by atoms with Gasteiger partial charge in [0.1, 0.15) is 11.9 Å². The summed E-state index contributed by atoms with van der Waals surface area (Å²) < 4.78 is 0. The molecule has 0 aliphatic rings. The van der Waals surface area contributed by atoms with E-state index in [9.17, 15) is 9.90 Å². The highest BCUT2D eigenvalue weighted by Gasteiger charge is 2.19. The SMILES string of the molecule is N#Cc1cnc(NCC(C(=O)O)c2ccccc2)cn1. The van der Waals surface area contributed by atoms with Crippen LogP contribution in [0.1, 0.15) is 17.2 Å². The van der Waals surface area contributed by atoms with Crippen LogP contribution in [0.4, 0.5) is 5.82 Å². The lowest BCUT2D eigenvalue weighted by Crippen LogP contribution is -2.21. The summed E-state index contributed by atoms with van der Waals surface area (Å²) in [5.41, 5.74) is 0.933. The molecule has 2 rings (SSSR count). The van der Waals surface area contributed by atoms with Crippen molar-refractivity contribution in [3.63, 3.8) is 0 Å². The zero-order valence-corrected chi connectivity index (χ0v) is 10.5. The monoisotopic (exact) mass is 268 g/mol. The summed E-state index contributed by atoms with van der Waals surface area (Å²) in [6, 6.07) is 10.8. The van der Waals surface area contributed by atoms with E-state index in [1.807, 2.05) is 12.1 Å². The maximum absolute atomic E-state index is 11.3. The Labute approximate surface area is 115 Å². The van der Waals surface area contributed by atoms with Crippen molar-refractivity contribution in [2.24, 2.45) is 0 Å². The summed E-state index contributed by atoms with van der Waals surface area (Å²) in [4.78, 5) is 19.1. The average molecular weight is 268 g/mol. The first-order valence-corrected chi connectivity index (χ1v) is 5.94. The van der Waals surface area contributed by atoms with Gasteiger partial charge in [-0.1, -0.05) is 30.3 Å². The number of aromatic nitrogens is 2. The number of carboxylic acid groups (broad SMARTS) is 1. The Morgan fingerprint density at radius 3 is 2.60 bits per heavy atom. The second kappa shape index (κ2) is 6.29. The fraction of sp³-hybridized carbons (Fsp3) is 0.143. The second-order valence-corrected chi connectivity index (χ2v) is 4.08. The van der Waals surface area contributed by atoms with Gasteiger partial charge in [-0.15, -0.1) is 0 Å². The highest BCUT2D eigenvalue weighted by atomic mass is 16.4. The lowest BCUT2D eigenvalue weighted by Gasteiger charge is -2.13. The van der Waals surface area contributed by atoms with E-state index in [1.54, 1.807) is 24.3 Å². The zero-order chi connectivity index (χ0) is 14.4. The molecule has 6 heteroatoms. The maximum atomic E-state index is 11.3. The molecule has 0 saturated heterocycles. The van der Waals surface area contributed by atoms with Gasteiger partial charge in [0.25, 0.3) is 0 Å². The van der Waals surface area contributed by atoms with Crippen molar-refractivity contribution in [1.29, 1.82) is 5.26 Å². The van der Waals surface area contributed by atoms with Gasteiger partial charge < -0.3 is 10.4 Å². The van der Waals surface area contributed by atoms with E-state index < -0.39 is 11.9 Å². The molecule has 1 unspecified atom stereocenters. The fourth-order valence-electron chi connectivity index (χ4n) is 1.72. The number of hydrogen-bond donors (Lipinski definition) is 2. The number of carboxylic acids is 1. The molecule has 1 heterocycles. The Bertz CT molecular complexity index is 620. The summed E-state index contributed by atoms with van der Waals surface area (Å²) in [6.07, 6.45) is 2.74. The van der Waals surface area contributed by atoms with E-state index in [2.05, 4.69) is 15.3 Å². The number of nitriles is 1. The number of benzene rings is 1. The van der Waals surface area contributed by atoms with Gasteiger partial charge in [0.05, 0.1) is 18.3 Å². The van der Waals surface area contributed by atoms with Crippen molar-refractivity contribution < 1.29 is 9.90 Å². The van der Waals surface area contributed by atoms with Crippen LogP contribution in [0.15, 0.2) is 42.7 Å². The van der Waals surface area contributed by atoms with Crippen LogP contribution in [0.5, 0.6) is 0 Å². The summed E-state index contributed by atoms with van der Waals surface area (Å²) >= 11 is 0. The number of aliphatic carboxylic acids is 1. The first kappa shape index (κ1) is 13.5. The van der Waals surface area contributed by atoms with Crippen LogP contribution >= 0.6 is 0 Å². The van der Waals surface area contributed by atoms with Crippen molar-refractivity contribution >= 4 is 11.8 Å². The first-order chi connectivity index (χ1) is 9.70. The topological polar surface area (TPSA) is 98.9 Å². The minimum absolute atomic E-state index is 0.194. The number of carbonyl (C=O) groups is 1. The Balaban J connectivity index is 2.06. The van der Waals surface area contributed by atoms with Crippen molar-refractivity contribution in [2.45, 2.75) is 5.92 Å². The molecule has 1 aromatic carbocycles. The molecule has 0 amide bonds. The van der Waals surface area contributed by atoms with E-state index in [0.717, 1.165) is 0 Å².